The molecule has 0 aromatic heterocycles. The van der Waals surface area contributed by atoms with Crippen LogP contribution in [0.15, 0.2) is 23.1 Å². The first-order chi connectivity index (χ1) is 8.97. The van der Waals surface area contributed by atoms with Gasteiger partial charge in [0.2, 0.25) is 0 Å². The zero-order chi connectivity index (χ0) is 13.9. The Bertz CT molecular complexity index is 534. The normalized spacial score (nSPS) is 17.4. The highest BCUT2D eigenvalue weighted by Crippen LogP contribution is 2.28. The lowest BCUT2D eigenvalue weighted by Crippen LogP contribution is -2.15. The molecule has 0 N–H and O–H groups in total. The van der Waals surface area contributed by atoms with Crippen molar-refractivity contribution in [1.29, 1.82) is 0 Å². The molecule has 0 heterocycles. The number of benzene rings is 1. The predicted molar refractivity (Wildman–Crippen MR) is 76.3 cm³/mol. The third-order valence-corrected chi connectivity index (χ3v) is 4.99. The van der Waals surface area contributed by atoms with Gasteiger partial charge in [-0.15, -0.1) is 0 Å². The molecule has 0 bridgehead atoms. The van der Waals surface area contributed by atoms with Gasteiger partial charge in [-0.25, -0.2) is 8.42 Å². The Morgan fingerprint density at radius 2 is 1.95 bits per heavy atom. The molecule has 0 unspecified atom stereocenters. The van der Waals surface area contributed by atoms with Crippen molar-refractivity contribution in [2.24, 2.45) is 5.92 Å². The van der Waals surface area contributed by atoms with Crippen molar-refractivity contribution in [3.63, 3.8) is 0 Å². The number of hydrogen-bond acceptors (Lipinski definition) is 3. The van der Waals surface area contributed by atoms with Crippen molar-refractivity contribution < 1.29 is 13.2 Å². The topological polar surface area (TPSA) is 43.4 Å². The molecule has 0 amide bonds. The first-order valence-corrected chi connectivity index (χ1v) is 8.96. The molecular weight excluding hydrogens is 284 g/mol. The second-order valence-corrected chi connectivity index (χ2v) is 7.75. The number of ether oxygens (including phenoxy) is 1. The van der Waals surface area contributed by atoms with E-state index in [0.717, 1.165) is 5.56 Å². The van der Waals surface area contributed by atoms with E-state index < -0.39 is 9.05 Å². The smallest absolute Gasteiger partial charge is 0.261 e. The monoisotopic (exact) mass is 302 g/mol. The average molecular weight is 303 g/mol. The highest BCUT2D eigenvalue weighted by atomic mass is 35.7. The van der Waals surface area contributed by atoms with Gasteiger partial charge in [-0.1, -0.05) is 25.3 Å². The zero-order valence-electron chi connectivity index (χ0n) is 11.1. The van der Waals surface area contributed by atoms with Crippen molar-refractivity contribution in [2.45, 2.75) is 43.9 Å². The Labute approximate surface area is 119 Å². The van der Waals surface area contributed by atoms with Crippen LogP contribution in [0, 0.1) is 12.8 Å². The summed E-state index contributed by atoms with van der Waals surface area (Å²) < 4.78 is 28.4. The number of halogens is 1. The van der Waals surface area contributed by atoms with Crippen LogP contribution in [0.5, 0.6) is 5.75 Å². The number of hydrogen-bond donors (Lipinski definition) is 0. The van der Waals surface area contributed by atoms with Crippen LogP contribution in [-0.2, 0) is 9.05 Å². The fraction of sp³-hybridized carbons (Fsp3) is 0.571. The van der Waals surface area contributed by atoms with Gasteiger partial charge in [0.05, 0.1) is 11.5 Å². The summed E-state index contributed by atoms with van der Waals surface area (Å²) >= 11 is 0. The molecule has 2 rings (SSSR count). The van der Waals surface area contributed by atoms with Crippen LogP contribution in [0.1, 0.15) is 37.7 Å². The maximum absolute atomic E-state index is 11.3. The molecule has 0 saturated heterocycles. The maximum atomic E-state index is 11.3. The van der Waals surface area contributed by atoms with Crippen LogP contribution in [0.4, 0.5) is 0 Å². The van der Waals surface area contributed by atoms with Crippen LogP contribution in [0.3, 0.4) is 0 Å². The Hall–Kier alpha value is -0.740. The first kappa shape index (κ1) is 14.7. The molecule has 1 aromatic carbocycles. The third-order valence-electron chi connectivity index (χ3n) is 3.64. The van der Waals surface area contributed by atoms with E-state index in [4.69, 9.17) is 15.4 Å². The molecule has 1 saturated carbocycles. The minimum absolute atomic E-state index is 0.0958. The molecule has 19 heavy (non-hydrogen) atoms. The fourth-order valence-corrected chi connectivity index (χ4v) is 3.22. The van der Waals surface area contributed by atoms with Crippen molar-refractivity contribution >= 4 is 19.7 Å². The van der Waals surface area contributed by atoms with Crippen LogP contribution in [-0.4, -0.2) is 15.0 Å². The molecular formula is C14H19ClO3S. The molecule has 1 aromatic rings. The predicted octanol–water partition coefficient (Wildman–Crippen LogP) is 3.88. The summed E-state index contributed by atoms with van der Waals surface area (Å²) in [5.41, 5.74) is 0.930. The second kappa shape index (κ2) is 6.14. The van der Waals surface area contributed by atoms with Crippen LogP contribution >= 0.6 is 10.7 Å². The van der Waals surface area contributed by atoms with Gasteiger partial charge in [0.15, 0.2) is 0 Å². The summed E-state index contributed by atoms with van der Waals surface area (Å²) in [5.74, 6) is 1.21. The molecule has 5 heteroatoms. The average Bonchev–Trinajstić information content (AvgIpc) is 2.37. The van der Waals surface area contributed by atoms with E-state index in [0.29, 0.717) is 18.3 Å². The molecule has 0 atom stereocenters. The van der Waals surface area contributed by atoms with Crippen LogP contribution < -0.4 is 4.74 Å². The maximum Gasteiger partial charge on any atom is 0.261 e. The molecule has 1 aliphatic rings. The van der Waals surface area contributed by atoms with Gasteiger partial charge in [0.25, 0.3) is 9.05 Å². The fourth-order valence-electron chi connectivity index (χ4n) is 2.45. The van der Waals surface area contributed by atoms with Crippen molar-refractivity contribution in [2.75, 3.05) is 6.61 Å². The van der Waals surface area contributed by atoms with E-state index in [9.17, 15) is 8.42 Å². The third kappa shape index (κ3) is 4.11. The highest BCUT2D eigenvalue weighted by molar-refractivity contribution is 8.13. The first-order valence-electron chi connectivity index (χ1n) is 6.65. The largest absolute Gasteiger partial charge is 0.493 e. The van der Waals surface area contributed by atoms with E-state index in [1.165, 1.54) is 44.2 Å². The van der Waals surface area contributed by atoms with Gasteiger partial charge in [-0.3, -0.25) is 0 Å². The minimum Gasteiger partial charge on any atom is -0.493 e. The molecule has 3 nitrogen and oxygen atoms in total. The Morgan fingerprint density at radius 1 is 1.26 bits per heavy atom. The molecule has 1 fully saturated rings. The molecule has 0 spiro atoms. The summed E-state index contributed by atoms with van der Waals surface area (Å²) in [6, 6.07) is 4.75. The number of aryl methyl sites for hydroxylation is 1. The SMILES string of the molecule is Cc1ccc(S(=O)(=O)Cl)cc1OCC1CCCCC1. The van der Waals surface area contributed by atoms with Crippen LogP contribution in [0.25, 0.3) is 0 Å². The minimum atomic E-state index is -3.69. The summed E-state index contributed by atoms with van der Waals surface area (Å²) in [6.45, 7) is 2.56. The molecule has 1 aliphatic carbocycles. The van der Waals surface area contributed by atoms with Gasteiger partial charge in [-0.05, 0) is 37.3 Å². The summed E-state index contributed by atoms with van der Waals surface area (Å²) in [6.07, 6.45) is 6.25. The summed E-state index contributed by atoms with van der Waals surface area (Å²) in [7, 11) is 1.66. The summed E-state index contributed by atoms with van der Waals surface area (Å²) in [4.78, 5) is 0.0958. The van der Waals surface area contributed by atoms with E-state index in [1.54, 1.807) is 6.07 Å². The van der Waals surface area contributed by atoms with E-state index in [-0.39, 0.29) is 4.90 Å². The van der Waals surface area contributed by atoms with Gasteiger partial charge in [-0.2, -0.15) is 0 Å². The lowest BCUT2D eigenvalue weighted by Gasteiger charge is -2.22. The number of rotatable bonds is 4. The van der Waals surface area contributed by atoms with Crippen molar-refractivity contribution in [3.05, 3.63) is 23.8 Å². The van der Waals surface area contributed by atoms with Gasteiger partial charge in [0.1, 0.15) is 5.75 Å². The molecule has 106 valence electrons. The zero-order valence-corrected chi connectivity index (χ0v) is 12.6. The van der Waals surface area contributed by atoms with E-state index in [2.05, 4.69) is 0 Å². The van der Waals surface area contributed by atoms with Crippen LogP contribution in [0.2, 0.25) is 0 Å². The quantitative estimate of drug-likeness (QED) is 0.793. The Kier molecular flexibility index (Phi) is 4.74. The standard InChI is InChI=1S/C14H19ClO3S/c1-11-7-8-13(19(15,16)17)9-14(11)18-10-12-5-3-2-4-6-12/h7-9,12H,2-6,10H2,1H3. The Balaban J connectivity index is 2.06. The Morgan fingerprint density at radius 3 is 2.58 bits per heavy atom. The second-order valence-electron chi connectivity index (χ2n) is 5.18. The van der Waals surface area contributed by atoms with Crippen molar-refractivity contribution in [1.82, 2.24) is 0 Å². The molecule has 0 aliphatic heterocycles. The van der Waals surface area contributed by atoms with E-state index >= 15 is 0 Å². The van der Waals surface area contributed by atoms with E-state index in [1.807, 2.05) is 6.92 Å². The highest BCUT2D eigenvalue weighted by Gasteiger charge is 2.16. The molecule has 0 radical (unpaired) electrons. The van der Waals surface area contributed by atoms with Crippen molar-refractivity contribution in [3.8, 4) is 5.75 Å². The summed E-state index contributed by atoms with van der Waals surface area (Å²) in [5, 5.41) is 0. The van der Waals surface area contributed by atoms with Gasteiger partial charge < -0.3 is 4.74 Å². The lowest BCUT2D eigenvalue weighted by molar-refractivity contribution is 0.207. The lowest BCUT2D eigenvalue weighted by atomic mass is 9.90. The van der Waals surface area contributed by atoms with Gasteiger partial charge in [0, 0.05) is 16.7 Å². The van der Waals surface area contributed by atoms with Gasteiger partial charge >= 0.3 is 0 Å².